The van der Waals surface area contributed by atoms with E-state index in [0.29, 0.717) is 18.0 Å². The van der Waals surface area contributed by atoms with Crippen molar-refractivity contribution in [1.29, 1.82) is 0 Å². The van der Waals surface area contributed by atoms with Gasteiger partial charge in [0.25, 0.3) is 0 Å². The maximum absolute atomic E-state index is 5.27. The fraction of sp³-hybridized carbons (Fsp3) is 0.643. The molecule has 0 amide bonds. The molecule has 0 aliphatic heterocycles. The van der Waals surface area contributed by atoms with Gasteiger partial charge in [-0.05, 0) is 30.0 Å². The number of methoxy groups -OCH3 is 1. The van der Waals surface area contributed by atoms with Gasteiger partial charge in [0.05, 0.1) is 6.61 Å². The number of rotatable bonds is 7. The van der Waals surface area contributed by atoms with Crippen LogP contribution in [0.3, 0.4) is 0 Å². The van der Waals surface area contributed by atoms with E-state index in [1.807, 2.05) is 12.4 Å². The van der Waals surface area contributed by atoms with Crippen LogP contribution in [-0.4, -0.2) is 24.7 Å². The Hall–Kier alpha value is -0.930. The van der Waals surface area contributed by atoms with Crippen LogP contribution in [0, 0.1) is 5.92 Å². The van der Waals surface area contributed by atoms with Crippen LogP contribution in [0.5, 0.6) is 0 Å². The van der Waals surface area contributed by atoms with Crippen molar-refractivity contribution in [2.45, 2.75) is 39.3 Å². The highest BCUT2D eigenvalue weighted by molar-refractivity contribution is 5.15. The third kappa shape index (κ3) is 4.44. The predicted octanol–water partition coefficient (Wildman–Crippen LogP) is 2.79. The Labute approximate surface area is 105 Å². The molecule has 0 saturated heterocycles. The molecule has 17 heavy (non-hydrogen) atoms. The first-order valence-electron chi connectivity index (χ1n) is 6.34. The molecule has 0 spiro atoms. The second-order valence-electron chi connectivity index (χ2n) is 4.71. The molecule has 0 aliphatic carbocycles. The van der Waals surface area contributed by atoms with E-state index in [0.717, 1.165) is 13.0 Å². The Kier molecular flexibility index (Phi) is 6.16. The summed E-state index contributed by atoms with van der Waals surface area (Å²) in [6.07, 6.45) is 4.76. The fourth-order valence-electron chi connectivity index (χ4n) is 1.92. The number of hydrogen-bond donors (Lipinski definition) is 1. The minimum absolute atomic E-state index is 0.376. The van der Waals surface area contributed by atoms with E-state index in [9.17, 15) is 0 Å². The molecule has 0 radical (unpaired) electrons. The molecule has 0 bridgehead atoms. The molecule has 0 fully saturated rings. The van der Waals surface area contributed by atoms with Crippen molar-refractivity contribution in [2.75, 3.05) is 13.7 Å². The summed E-state index contributed by atoms with van der Waals surface area (Å²) in [5, 5.41) is 3.67. The number of aromatic nitrogens is 1. The van der Waals surface area contributed by atoms with Crippen LogP contribution in [0.25, 0.3) is 0 Å². The Morgan fingerprint density at radius 3 is 2.41 bits per heavy atom. The van der Waals surface area contributed by atoms with E-state index in [1.54, 1.807) is 7.11 Å². The predicted molar refractivity (Wildman–Crippen MR) is 70.9 cm³/mol. The van der Waals surface area contributed by atoms with Crippen molar-refractivity contribution >= 4 is 0 Å². The van der Waals surface area contributed by atoms with Crippen LogP contribution in [0.15, 0.2) is 24.5 Å². The third-order valence-corrected chi connectivity index (χ3v) is 3.08. The molecule has 96 valence electrons. The molecular weight excluding hydrogens is 212 g/mol. The van der Waals surface area contributed by atoms with Gasteiger partial charge in [-0.25, -0.2) is 0 Å². The molecule has 3 heteroatoms. The van der Waals surface area contributed by atoms with Gasteiger partial charge in [0, 0.05) is 31.6 Å². The molecule has 0 unspecified atom stereocenters. The van der Waals surface area contributed by atoms with Crippen LogP contribution in [-0.2, 0) is 4.74 Å². The molecule has 1 heterocycles. The van der Waals surface area contributed by atoms with Crippen molar-refractivity contribution < 1.29 is 4.74 Å². The van der Waals surface area contributed by atoms with E-state index < -0.39 is 0 Å². The lowest BCUT2D eigenvalue weighted by molar-refractivity contribution is 0.139. The van der Waals surface area contributed by atoms with Crippen molar-refractivity contribution in [3.8, 4) is 0 Å². The number of ether oxygens (including phenoxy) is 1. The van der Waals surface area contributed by atoms with Crippen LogP contribution in [0.4, 0.5) is 0 Å². The van der Waals surface area contributed by atoms with Gasteiger partial charge in [-0.2, -0.15) is 0 Å². The number of nitrogens with zero attached hydrogens (tertiary/aromatic N) is 1. The largest absolute Gasteiger partial charge is 0.383 e. The summed E-state index contributed by atoms with van der Waals surface area (Å²) in [4.78, 5) is 4.06. The van der Waals surface area contributed by atoms with E-state index in [2.05, 4.69) is 43.2 Å². The van der Waals surface area contributed by atoms with Gasteiger partial charge in [0.15, 0.2) is 0 Å². The summed E-state index contributed by atoms with van der Waals surface area (Å²) >= 11 is 0. The van der Waals surface area contributed by atoms with Crippen LogP contribution >= 0.6 is 0 Å². The molecule has 0 aromatic carbocycles. The zero-order valence-corrected chi connectivity index (χ0v) is 11.3. The Bertz CT molecular complexity index is 300. The second kappa shape index (κ2) is 7.41. The van der Waals surface area contributed by atoms with Gasteiger partial charge in [-0.3, -0.25) is 4.98 Å². The minimum atomic E-state index is 0.376. The average molecular weight is 236 g/mol. The maximum Gasteiger partial charge on any atom is 0.0618 e. The first kappa shape index (κ1) is 14.1. The number of hydrogen-bond acceptors (Lipinski definition) is 3. The lowest BCUT2D eigenvalue weighted by Gasteiger charge is -2.27. The summed E-state index contributed by atoms with van der Waals surface area (Å²) in [7, 11) is 1.75. The number of pyridine rings is 1. The second-order valence-corrected chi connectivity index (χ2v) is 4.71. The van der Waals surface area contributed by atoms with E-state index in [-0.39, 0.29) is 0 Å². The molecule has 1 aromatic heterocycles. The Morgan fingerprint density at radius 1 is 1.29 bits per heavy atom. The van der Waals surface area contributed by atoms with Gasteiger partial charge >= 0.3 is 0 Å². The summed E-state index contributed by atoms with van der Waals surface area (Å²) in [6, 6.07) is 4.91. The summed E-state index contributed by atoms with van der Waals surface area (Å²) in [5.74, 6) is 0.561. The molecule has 1 N–H and O–H groups in total. The molecular formula is C14H24N2O. The molecule has 2 atom stereocenters. The van der Waals surface area contributed by atoms with Gasteiger partial charge in [0.1, 0.15) is 0 Å². The maximum atomic E-state index is 5.27. The smallest absolute Gasteiger partial charge is 0.0618 e. The average Bonchev–Trinajstić information content (AvgIpc) is 2.35. The van der Waals surface area contributed by atoms with E-state index in [1.165, 1.54) is 5.56 Å². The van der Waals surface area contributed by atoms with Gasteiger partial charge in [-0.15, -0.1) is 0 Å². The SMILES string of the molecule is CC[C@@H](N[C@@H](COC)C(C)C)c1ccncc1. The number of nitrogens with one attached hydrogen (secondary N) is 1. The highest BCUT2D eigenvalue weighted by Crippen LogP contribution is 2.18. The Morgan fingerprint density at radius 2 is 1.94 bits per heavy atom. The van der Waals surface area contributed by atoms with Gasteiger partial charge in [0.2, 0.25) is 0 Å². The fourth-order valence-corrected chi connectivity index (χ4v) is 1.92. The van der Waals surface area contributed by atoms with E-state index >= 15 is 0 Å². The van der Waals surface area contributed by atoms with Crippen molar-refractivity contribution in [3.05, 3.63) is 30.1 Å². The lowest BCUT2D eigenvalue weighted by atomic mass is 10.00. The monoisotopic (exact) mass is 236 g/mol. The minimum Gasteiger partial charge on any atom is -0.383 e. The summed E-state index contributed by atoms with van der Waals surface area (Å²) in [5.41, 5.74) is 1.30. The normalized spacial score (nSPS) is 14.9. The van der Waals surface area contributed by atoms with Gasteiger partial charge < -0.3 is 10.1 Å². The van der Waals surface area contributed by atoms with Crippen LogP contribution < -0.4 is 5.32 Å². The van der Waals surface area contributed by atoms with Crippen molar-refractivity contribution in [3.63, 3.8) is 0 Å². The lowest BCUT2D eigenvalue weighted by Crippen LogP contribution is -2.40. The molecule has 1 aromatic rings. The summed E-state index contributed by atoms with van der Waals surface area (Å²) < 4.78 is 5.27. The first-order chi connectivity index (χ1) is 8.19. The van der Waals surface area contributed by atoms with Crippen LogP contribution in [0.1, 0.15) is 38.8 Å². The van der Waals surface area contributed by atoms with E-state index in [4.69, 9.17) is 4.74 Å². The van der Waals surface area contributed by atoms with Crippen LogP contribution in [0.2, 0.25) is 0 Å². The molecule has 3 nitrogen and oxygen atoms in total. The highest BCUT2D eigenvalue weighted by atomic mass is 16.5. The molecule has 0 aliphatic rings. The zero-order valence-electron chi connectivity index (χ0n) is 11.3. The quantitative estimate of drug-likeness (QED) is 0.790. The van der Waals surface area contributed by atoms with Crippen molar-refractivity contribution in [2.24, 2.45) is 5.92 Å². The summed E-state index contributed by atoms with van der Waals surface area (Å²) in [6.45, 7) is 7.38. The first-order valence-corrected chi connectivity index (χ1v) is 6.34. The van der Waals surface area contributed by atoms with Crippen molar-refractivity contribution in [1.82, 2.24) is 10.3 Å². The highest BCUT2D eigenvalue weighted by Gasteiger charge is 2.18. The standard InChI is InChI=1S/C14H24N2O/c1-5-13(12-6-8-15-9-7-12)16-14(10-17-4)11(2)3/h6-9,11,13-14,16H,5,10H2,1-4H3/t13-,14+/m1/s1. The van der Waals surface area contributed by atoms with Gasteiger partial charge in [-0.1, -0.05) is 20.8 Å². The Balaban J connectivity index is 2.68. The third-order valence-electron chi connectivity index (χ3n) is 3.08. The topological polar surface area (TPSA) is 34.1 Å². The molecule has 1 rings (SSSR count). The molecule has 0 saturated carbocycles. The zero-order chi connectivity index (χ0) is 12.7.